The molecule has 1 amide bonds. The second-order valence-electron chi connectivity index (χ2n) is 5.87. The summed E-state index contributed by atoms with van der Waals surface area (Å²) in [4.78, 5) is 17.1. The maximum Gasteiger partial charge on any atom is 0.240 e. The van der Waals surface area contributed by atoms with Crippen LogP contribution in [0.1, 0.15) is 26.2 Å². The number of piperazine rings is 1. The van der Waals surface area contributed by atoms with Crippen LogP contribution in [0.4, 0.5) is 0 Å². The summed E-state index contributed by atoms with van der Waals surface area (Å²) in [5.74, 6) is 0.196. The van der Waals surface area contributed by atoms with Gasteiger partial charge < -0.3 is 15.5 Å². The van der Waals surface area contributed by atoms with Gasteiger partial charge in [0.15, 0.2) is 0 Å². The van der Waals surface area contributed by atoms with E-state index in [1.807, 2.05) is 0 Å². The molecule has 2 saturated heterocycles. The highest BCUT2D eigenvalue weighted by Crippen LogP contribution is 2.22. The smallest absolute Gasteiger partial charge is 0.240 e. The fourth-order valence-corrected chi connectivity index (χ4v) is 3.03. The average molecular weight is 268 g/mol. The summed E-state index contributed by atoms with van der Waals surface area (Å²) in [7, 11) is 2.16. The lowest BCUT2D eigenvalue weighted by atomic mass is 9.93. The molecule has 0 radical (unpaired) electrons. The molecule has 1 atom stereocenters. The van der Waals surface area contributed by atoms with Crippen molar-refractivity contribution < 1.29 is 4.79 Å². The number of rotatable bonds is 5. The Kier molecular flexibility index (Phi) is 5.19. The van der Waals surface area contributed by atoms with E-state index in [9.17, 15) is 4.79 Å². The minimum Gasteiger partial charge on any atom is -0.353 e. The topological polar surface area (TPSA) is 47.6 Å². The number of likely N-dealkylation sites (N-methyl/N-ethyl adjacent to an activating group) is 1. The lowest BCUT2D eigenvalue weighted by molar-refractivity contribution is -0.127. The normalized spacial score (nSPS) is 29.6. The highest BCUT2D eigenvalue weighted by molar-refractivity contribution is 5.86. The van der Waals surface area contributed by atoms with E-state index < -0.39 is 0 Å². The molecular weight excluding hydrogens is 240 g/mol. The van der Waals surface area contributed by atoms with Crippen LogP contribution in [0.2, 0.25) is 0 Å². The van der Waals surface area contributed by atoms with Crippen LogP contribution in [0, 0.1) is 0 Å². The Morgan fingerprint density at radius 2 is 2.05 bits per heavy atom. The van der Waals surface area contributed by atoms with Crippen molar-refractivity contribution in [2.24, 2.45) is 0 Å². The summed E-state index contributed by atoms with van der Waals surface area (Å²) in [6.07, 6.45) is 2.97. The van der Waals surface area contributed by atoms with Gasteiger partial charge in [-0.25, -0.2) is 0 Å². The Morgan fingerprint density at radius 3 is 2.63 bits per heavy atom. The molecule has 110 valence electrons. The number of hydrogen-bond donors (Lipinski definition) is 2. The molecule has 2 aliphatic rings. The van der Waals surface area contributed by atoms with Gasteiger partial charge >= 0.3 is 0 Å². The van der Waals surface area contributed by atoms with Gasteiger partial charge in [0.2, 0.25) is 5.91 Å². The Hall–Kier alpha value is -0.650. The molecule has 2 aliphatic heterocycles. The van der Waals surface area contributed by atoms with Crippen LogP contribution in [-0.2, 0) is 4.79 Å². The van der Waals surface area contributed by atoms with Gasteiger partial charge in [-0.15, -0.1) is 0 Å². The van der Waals surface area contributed by atoms with Crippen LogP contribution in [-0.4, -0.2) is 74.1 Å². The molecule has 2 fully saturated rings. The van der Waals surface area contributed by atoms with E-state index in [2.05, 4.69) is 34.4 Å². The van der Waals surface area contributed by atoms with Crippen molar-refractivity contribution in [1.82, 2.24) is 20.4 Å². The van der Waals surface area contributed by atoms with E-state index in [-0.39, 0.29) is 11.4 Å². The number of amides is 1. The molecule has 1 unspecified atom stereocenters. The quantitative estimate of drug-likeness (QED) is 0.730. The van der Waals surface area contributed by atoms with Crippen LogP contribution < -0.4 is 10.6 Å². The zero-order valence-electron chi connectivity index (χ0n) is 12.4. The largest absolute Gasteiger partial charge is 0.353 e. The van der Waals surface area contributed by atoms with Crippen molar-refractivity contribution in [3.63, 3.8) is 0 Å². The zero-order chi connectivity index (χ0) is 13.7. The maximum atomic E-state index is 12.3. The van der Waals surface area contributed by atoms with Crippen LogP contribution in [0.25, 0.3) is 0 Å². The van der Waals surface area contributed by atoms with E-state index in [4.69, 9.17) is 0 Å². The third kappa shape index (κ3) is 3.68. The second-order valence-corrected chi connectivity index (χ2v) is 5.87. The third-order valence-electron chi connectivity index (χ3n) is 4.59. The van der Waals surface area contributed by atoms with Crippen LogP contribution in [0.3, 0.4) is 0 Å². The summed E-state index contributed by atoms with van der Waals surface area (Å²) in [5.41, 5.74) is -0.290. The fourth-order valence-electron chi connectivity index (χ4n) is 3.03. The number of hydrogen-bond acceptors (Lipinski definition) is 4. The van der Waals surface area contributed by atoms with Crippen LogP contribution >= 0.6 is 0 Å². The zero-order valence-corrected chi connectivity index (χ0v) is 12.4. The van der Waals surface area contributed by atoms with Gasteiger partial charge in [0, 0.05) is 39.3 Å². The Labute approximate surface area is 116 Å². The highest BCUT2D eigenvalue weighted by atomic mass is 16.2. The molecule has 0 bridgehead atoms. The Bertz CT molecular complexity index is 294. The van der Waals surface area contributed by atoms with E-state index >= 15 is 0 Å². The predicted molar refractivity (Wildman–Crippen MR) is 77.2 cm³/mol. The maximum absolute atomic E-state index is 12.3. The van der Waals surface area contributed by atoms with Gasteiger partial charge in [0.1, 0.15) is 0 Å². The molecular formula is C14H28N4O. The molecule has 5 nitrogen and oxygen atoms in total. The summed E-state index contributed by atoms with van der Waals surface area (Å²) >= 11 is 0. The molecule has 2 rings (SSSR count). The molecule has 19 heavy (non-hydrogen) atoms. The number of nitrogens with zero attached hydrogens (tertiary/aromatic N) is 2. The average Bonchev–Trinajstić information content (AvgIpc) is 2.91. The first kappa shape index (κ1) is 14.8. The lowest BCUT2D eigenvalue weighted by Gasteiger charge is -2.33. The van der Waals surface area contributed by atoms with Gasteiger partial charge in [0.05, 0.1) is 5.54 Å². The summed E-state index contributed by atoms with van der Waals surface area (Å²) < 4.78 is 0. The van der Waals surface area contributed by atoms with Crippen molar-refractivity contribution in [3.05, 3.63) is 0 Å². The van der Waals surface area contributed by atoms with Crippen LogP contribution in [0.5, 0.6) is 0 Å². The Balaban J connectivity index is 1.69. The molecule has 5 heteroatoms. The first-order chi connectivity index (χ1) is 9.16. The van der Waals surface area contributed by atoms with Crippen molar-refractivity contribution in [1.29, 1.82) is 0 Å². The molecule has 2 N–H and O–H groups in total. The molecule has 2 heterocycles. The number of carbonyl (C=O) groups is 1. The molecule has 0 aromatic rings. The SMILES string of the molecule is CCC1(C(=O)NCCN2CCN(C)CC2)CCCN1. The third-order valence-corrected chi connectivity index (χ3v) is 4.59. The number of carbonyl (C=O) groups excluding carboxylic acids is 1. The van der Waals surface area contributed by atoms with E-state index in [0.29, 0.717) is 0 Å². The molecule has 0 saturated carbocycles. The van der Waals surface area contributed by atoms with Gasteiger partial charge in [-0.1, -0.05) is 6.92 Å². The Morgan fingerprint density at radius 1 is 1.32 bits per heavy atom. The first-order valence-electron chi connectivity index (χ1n) is 7.60. The van der Waals surface area contributed by atoms with Gasteiger partial charge in [-0.05, 0) is 32.9 Å². The second kappa shape index (κ2) is 6.68. The minimum atomic E-state index is -0.290. The summed E-state index contributed by atoms with van der Waals surface area (Å²) in [5, 5.41) is 6.50. The standard InChI is InChI=1S/C14H28N4O/c1-3-14(5-4-6-16-14)13(19)15-7-8-18-11-9-17(2)10-12-18/h16H,3-12H2,1-2H3,(H,15,19). The van der Waals surface area contributed by atoms with Crippen molar-refractivity contribution in [3.8, 4) is 0 Å². The summed E-state index contributed by atoms with van der Waals surface area (Å²) in [6, 6.07) is 0. The molecule has 0 aromatic heterocycles. The fraction of sp³-hybridized carbons (Fsp3) is 0.929. The van der Waals surface area contributed by atoms with Gasteiger partial charge in [-0.2, -0.15) is 0 Å². The molecule has 0 aromatic carbocycles. The van der Waals surface area contributed by atoms with Crippen LogP contribution in [0.15, 0.2) is 0 Å². The van der Waals surface area contributed by atoms with Gasteiger partial charge in [-0.3, -0.25) is 9.69 Å². The lowest BCUT2D eigenvalue weighted by Crippen LogP contribution is -2.54. The van der Waals surface area contributed by atoms with Crippen molar-refractivity contribution in [2.75, 3.05) is 52.9 Å². The predicted octanol–water partition coefficient (Wildman–Crippen LogP) is -0.118. The van der Waals surface area contributed by atoms with E-state index in [0.717, 1.165) is 65.1 Å². The first-order valence-corrected chi connectivity index (χ1v) is 7.60. The van der Waals surface area contributed by atoms with E-state index in [1.165, 1.54) is 0 Å². The number of nitrogens with one attached hydrogen (secondary N) is 2. The van der Waals surface area contributed by atoms with Crippen molar-refractivity contribution >= 4 is 5.91 Å². The molecule has 0 spiro atoms. The summed E-state index contributed by atoms with van der Waals surface area (Å²) in [6.45, 7) is 9.30. The van der Waals surface area contributed by atoms with Gasteiger partial charge in [0.25, 0.3) is 0 Å². The monoisotopic (exact) mass is 268 g/mol. The molecule has 0 aliphatic carbocycles. The highest BCUT2D eigenvalue weighted by Gasteiger charge is 2.38. The van der Waals surface area contributed by atoms with Crippen molar-refractivity contribution in [2.45, 2.75) is 31.7 Å². The van der Waals surface area contributed by atoms with E-state index in [1.54, 1.807) is 0 Å². The minimum absolute atomic E-state index is 0.196.